The molecule has 2 aromatic carbocycles. The van der Waals surface area contributed by atoms with Crippen molar-refractivity contribution in [2.45, 2.75) is 6.42 Å². The minimum atomic E-state index is -0.444. The Morgan fingerprint density at radius 2 is 1.89 bits per heavy atom. The number of hydrogen-bond acceptors (Lipinski definition) is 2. The number of nitrogens with one attached hydrogen (secondary N) is 1. The molecule has 0 saturated heterocycles. The van der Waals surface area contributed by atoms with Crippen LogP contribution in [0.4, 0.5) is 10.1 Å². The van der Waals surface area contributed by atoms with E-state index in [0.29, 0.717) is 10.6 Å². The molecule has 1 N–H and O–H groups in total. The molecule has 0 bridgehead atoms. The van der Waals surface area contributed by atoms with Crippen molar-refractivity contribution in [1.29, 1.82) is 0 Å². The van der Waals surface area contributed by atoms with Crippen LogP contribution in [0.15, 0.2) is 48.5 Å². The number of carbonyl (C=O) groups is 1. The average molecular weight is 278 g/mol. The highest BCUT2D eigenvalue weighted by atomic mass is 35.5. The second-order valence-corrected chi connectivity index (χ2v) is 4.61. The largest absolute Gasteiger partial charge is 0.378 e. The number of rotatable bonds is 5. The molecule has 98 valence electrons. The lowest BCUT2D eigenvalue weighted by Gasteiger charge is -2.06. The van der Waals surface area contributed by atoms with Crippen LogP contribution in [-0.4, -0.2) is 12.3 Å². The third-order valence-corrected chi connectivity index (χ3v) is 2.90. The van der Waals surface area contributed by atoms with E-state index in [-0.39, 0.29) is 18.7 Å². The quantitative estimate of drug-likeness (QED) is 0.903. The van der Waals surface area contributed by atoms with E-state index < -0.39 is 5.82 Å². The average Bonchev–Trinajstić information content (AvgIpc) is 2.41. The SMILES string of the molecule is O=C(CNc1ccccc1)Cc1ccc(Cl)cc1F. The number of anilines is 1. The number of Topliss-reactive ketones (excluding diaryl/α,β-unsaturated/α-hetero) is 1. The Labute approximate surface area is 116 Å². The molecule has 0 heterocycles. The maximum Gasteiger partial charge on any atom is 0.156 e. The minimum Gasteiger partial charge on any atom is -0.378 e. The number of halogens is 2. The van der Waals surface area contributed by atoms with Gasteiger partial charge in [0.05, 0.1) is 6.54 Å². The highest BCUT2D eigenvalue weighted by Gasteiger charge is 2.08. The Morgan fingerprint density at radius 3 is 2.58 bits per heavy atom. The normalized spacial score (nSPS) is 10.2. The van der Waals surface area contributed by atoms with Gasteiger partial charge in [0.1, 0.15) is 5.82 Å². The molecule has 0 fully saturated rings. The molecule has 2 nitrogen and oxygen atoms in total. The summed E-state index contributed by atoms with van der Waals surface area (Å²) in [6.45, 7) is 0.173. The van der Waals surface area contributed by atoms with E-state index in [1.54, 1.807) is 6.07 Å². The van der Waals surface area contributed by atoms with Gasteiger partial charge in [0.25, 0.3) is 0 Å². The Kier molecular flexibility index (Phi) is 4.53. The van der Waals surface area contributed by atoms with Crippen LogP contribution in [-0.2, 0) is 11.2 Å². The molecule has 0 atom stereocenters. The number of ketones is 1. The van der Waals surface area contributed by atoms with Crippen molar-refractivity contribution in [1.82, 2.24) is 0 Å². The number of benzene rings is 2. The molecule has 0 unspecified atom stereocenters. The van der Waals surface area contributed by atoms with E-state index in [2.05, 4.69) is 5.32 Å². The summed E-state index contributed by atoms with van der Waals surface area (Å²) < 4.78 is 13.5. The summed E-state index contributed by atoms with van der Waals surface area (Å²) in [5.41, 5.74) is 1.23. The molecule has 0 saturated carbocycles. The monoisotopic (exact) mass is 277 g/mol. The van der Waals surface area contributed by atoms with Crippen molar-refractivity contribution in [3.8, 4) is 0 Å². The molecule has 2 aromatic rings. The minimum absolute atomic E-state index is 0.0584. The van der Waals surface area contributed by atoms with Gasteiger partial charge >= 0.3 is 0 Å². The number of hydrogen-bond donors (Lipinski definition) is 1. The summed E-state index contributed by atoms with van der Waals surface area (Å²) in [7, 11) is 0. The number of para-hydroxylation sites is 1. The first-order valence-electron chi connectivity index (χ1n) is 5.90. The summed E-state index contributed by atoms with van der Waals surface area (Å²) in [5, 5.41) is 3.33. The molecule has 0 amide bonds. The van der Waals surface area contributed by atoms with Crippen LogP contribution in [0.5, 0.6) is 0 Å². The van der Waals surface area contributed by atoms with Crippen LogP contribution in [0.25, 0.3) is 0 Å². The Balaban J connectivity index is 1.91. The second kappa shape index (κ2) is 6.34. The molecule has 2 rings (SSSR count). The fourth-order valence-electron chi connectivity index (χ4n) is 1.70. The molecule has 0 aromatic heterocycles. The molecular weight excluding hydrogens is 265 g/mol. The van der Waals surface area contributed by atoms with E-state index in [4.69, 9.17) is 11.6 Å². The Bertz CT molecular complexity index is 572. The lowest BCUT2D eigenvalue weighted by atomic mass is 10.1. The van der Waals surface area contributed by atoms with Gasteiger partial charge in [-0.25, -0.2) is 4.39 Å². The maximum absolute atomic E-state index is 13.5. The van der Waals surface area contributed by atoms with Gasteiger partial charge in [-0.15, -0.1) is 0 Å². The molecule has 0 radical (unpaired) electrons. The van der Waals surface area contributed by atoms with Gasteiger partial charge < -0.3 is 5.32 Å². The topological polar surface area (TPSA) is 29.1 Å². The zero-order chi connectivity index (χ0) is 13.7. The van der Waals surface area contributed by atoms with Crippen LogP contribution in [0.2, 0.25) is 5.02 Å². The van der Waals surface area contributed by atoms with Gasteiger partial charge in [-0.2, -0.15) is 0 Å². The van der Waals surface area contributed by atoms with E-state index in [1.165, 1.54) is 12.1 Å². The number of carbonyl (C=O) groups excluding carboxylic acids is 1. The van der Waals surface area contributed by atoms with Crippen LogP contribution in [0, 0.1) is 5.82 Å². The summed E-state index contributed by atoms with van der Waals surface area (Å²) in [6.07, 6.45) is 0.0584. The smallest absolute Gasteiger partial charge is 0.156 e. The van der Waals surface area contributed by atoms with Gasteiger partial charge in [-0.3, -0.25) is 4.79 Å². The van der Waals surface area contributed by atoms with E-state index in [0.717, 1.165) is 5.69 Å². The van der Waals surface area contributed by atoms with E-state index >= 15 is 0 Å². The predicted molar refractivity (Wildman–Crippen MR) is 75.1 cm³/mol. The fourth-order valence-corrected chi connectivity index (χ4v) is 1.86. The summed E-state index contributed by atoms with van der Waals surface area (Å²) in [5.74, 6) is -0.523. The van der Waals surface area contributed by atoms with Crippen molar-refractivity contribution in [3.05, 3.63) is 64.9 Å². The summed E-state index contributed by atoms with van der Waals surface area (Å²) in [4.78, 5) is 11.8. The van der Waals surface area contributed by atoms with E-state index in [9.17, 15) is 9.18 Å². The van der Waals surface area contributed by atoms with E-state index in [1.807, 2.05) is 30.3 Å². The standard InChI is InChI=1S/C15H13ClFNO/c16-12-7-6-11(15(17)9-12)8-14(19)10-18-13-4-2-1-3-5-13/h1-7,9,18H,8,10H2. The van der Waals surface area contributed by atoms with Gasteiger partial charge in [0.2, 0.25) is 0 Å². The Morgan fingerprint density at radius 1 is 1.16 bits per heavy atom. The molecule has 0 aliphatic rings. The van der Waals surface area contributed by atoms with Crippen LogP contribution < -0.4 is 5.32 Å². The van der Waals surface area contributed by atoms with Gasteiger partial charge in [0, 0.05) is 17.1 Å². The van der Waals surface area contributed by atoms with Crippen LogP contribution >= 0.6 is 11.6 Å². The van der Waals surface area contributed by atoms with Crippen molar-refractivity contribution < 1.29 is 9.18 Å². The first-order chi connectivity index (χ1) is 9.15. The van der Waals surface area contributed by atoms with Crippen molar-refractivity contribution in [2.24, 2.45) is 0 Å². The molecule has 4 heteroatoms. The van der Waals surface area contributed by atoms with Crippen molar-refractivity contribution >= 4 is 23.1 Å². The summed E-state index contributed by atoms with van der Waals surface area (Å²) in [6, 6.07) is 13.7. The zero-order valence-electron chi connectivity index (χ0n) is 10.2. The molecule has 0 aliphatic heterocycles. The van der Waals surface area contributed by atoms with Crippen LogP contribution in [0.1, 0.15) is 5.56 Å². The third kappa shape index (κ3) is 4.07. The molecule has 0 spiro atoms. The summed E-state index contributed by atoms with van der Waals surface area (Å²) >= 11 is 5.66. The lowest BCUT2D eigenvalue weighted by molar-refractivity contribution is -0.116. The second-order valence-electron chi connectivity index (χ2n) is 4.17. The molecule has 0 aliphatic carbocycles. The lowest BCUT2D eigenvalue weighted by Crippen LogP contribution is -2.16. The van der Waals surface area contributed by atoms with Crippen molar-refractivity contribution in [2.75, 3.05) is 11.9 Å². The highest BCUT2D eigenvalue weighted by Crippen LogP contribution is 2.15. The first kappa shape index (κ1) is 13.6. The van der Waals surface area contributed by atoms with Gasteiger partial charge in [-0.05, 0) is 29.8 Å². The van der Waals surface area contributed by atoms with Gasteiger partial charge in [0.15, 0.2) is 5.78 Å². The highest BCUT2D eigenvalue weighted by molar-refractivity contribution is 6.30. The fraction of sp³-hybridized carbons (Fsp3) is 0.133. The third-order valence-electron chi connectivity index (χ3n) is 2.67. The molecular formula is C15H13ClFNO. The van der Waals surface area contributed by atoms with Crippen molar-refractivity contribution in [3.63, 3.8) is 0 Å². The Hall–Kier alpha value is -1.87. The predicted octanol–water partition coefficient (Wildman–Crippen LogP) is 3.70. The first-order valence-corrected chi connectivity index (χ1v) is 6.27. The zero-order valence-corrected chi connectivity index (χ0v) is 11.0. The van der Waals surface area contributed by atoms with Gasteiger partial charge in [-0.1, -0.05) is 35.9 Å². The molecule has 19 heavy (non-hydrogen) atoms. The maximum atomic E-state index is 13.5. The van der Waals surface area contributed by atoms with Crippen LogP contribution in [0.3, 0.4) is 0 Å².